The van der Waals surface area contributed by atoms with Crippen molar-refractivity contribution in [2.45, 2.75) is 30.6 Å². The zero-order chi connectivity index (χ0) is 11.5. The molecule has 1 saturated carbocycles. The SMILES string of the molecule is CSC1CCCC1Nc1ncc(Br)cc1Cl. The van der Waals surface area contributed by atoms with E-state index >= 15 is 0 Å². The summed E-state index contributed by atoms with van der Waals surface area (Å²) in [5.41, 5.74) is 0. The number of hydrogen-bond donors (Lipinski definition) is 1. The van der Waals surface area contributed by atoms with E-state index in [9.17, 15) is 0 Å². The lowest BCUT2D eigenvalue weighted by Gasteiger charge is -2.20. The molecule has 1 aromatic heterocycles. The zero-order valence-corrected chi connectivity index (χ0v) is 12.2. The predicted octanol–water partition coefficient (Wildman–Crippen LogP) is 4.19. The molecule has 1 N–H and O–H groups in total. The maximum Gasteiger partial charge on any atom is 0.145 e. The minimum Gasteiger partial charge on any atom is -0.365 e. The molecule has 2 nitrogen and oxygen atoms in total. The monoisotopic (exact) mass is 320 g/mol. The van der Waals surface area contributed by atoms with Crippen molar-refractivity contribution in [3.8, 4) is 0 Å². The Balaban J connectivity index is 2.08. The largest absolute Gasteiger partial charge is 0.365 e. The summed E-state index contributed by atoms with van der Waals surface area (Å²) in [6, 6.07) is 2.38. The number of rotatable bonds is 3. The van der Waals surface area contributed by atoms with E-state index in [4.69, 9.17) is 11.6 Å². The molecule has 0 radical (unpaired) electrons. The maximum atomic E-state index is 6.14. The van der Waals surface area contributed by atoms with Crippen molar-refractivity contribution in [1.82, 2.24) is 4.98 Å². The molecule has 88 valence electrons. The summed E-state index contributed by atoms with van der Waals surface area (Å²) in [5.74, 6) is 0.802. The van der Waals surface area contributed by atoms with Gasteiger partial charge in [0.05, 0.1) is 5.02 Å². The molecule has 0 amide bonds. The van der Waals surface area contributed by atoms with Crippen LogP contribution in [0.25, 0.3) is 0 Å². The minimum absolute atomic E-state index is 0.501. The fraction of sp³-hybridized carbons (Fsp3) is 0.545. The molecule has 1 fully saturated rings. The molecule has 1 aliphatic rings. The van der Waals surface area contributed by atoms with Gasteiger partial charge in [-0.3, -0.25) is 0 Å². The van der Waals surface area contributed by atoms with E-state index in [1.54, 1.807) is 6.20 Å². The number of halogens is 2. The first kappa shape index (κ1) is 12.5. The summed E-state index contributed by atoms with van der Waals surface area (Å²) in [7, 11) is 0. The second-order valence-corrected chi connectivity index (χ2v) is 6.34. The minimum atomic E-state index is 0.501. The summed E-state index contributed by atoms with van der Waals surface area (Å²) in [6.45, 7) is 0. The number of aromatic nitrogens is 1. The van der Waals surface area contributed by atoms with Gasteiger partial charge in [-0.05, 0) is 41.1 Å². The fourth-order valence-corrected chi connectivity index (χ4v) is 3.69. The molecule has 0 aromatic carbocycles. The van der Waals surface area contributed by atoms with E-state index in [1.807, 2.05) is 17.8 Å². The third kappa shape index (κ3) is 2.84. The van der Waals surface area contributed by atoms with E-state index in [-0.39, 0.29) is 0 Å². The maximum absolute atomic E-state index is 6.14. The molecule has 0 bridgehead atoms. The van der Waals surface area contributed by atoms with Crippen molar-refractivity contribution in [3.63, 3.8) is 0 Å². The van der Waals surface area contributed by atoms with Gasteiger partial charge in [0.25, 0.3) is 0 Å². The number of nitrogens with zero attached hydrogens (tertiary/aromatic N) is 1. The second kappa shape index (κ2) is 5.61. The molecule has 2 rings (SSSR count). The molecule has 0 saturated heterocycles. The van der Waals surface area contributed by atoms with Crippen LogP contribution in [0, 0.1) is 0 Å². The number of pyridine rings is 1. The van der Waals surface area contributed by atoms with Crippen LogP contribution in [0.3, 0.4) is 0 Å². The van der Waals surface area contributed by atoms with Crippen LogP contribution in [0.15, 0.2) is 16.7 Å². The van der Waals surface area contributed by atoms with Crippen LogP contribution in [-0.2, 0) is 0 Å². The van der Waals surface area contributed by atoms with Crippen LogP contribution in [0.1, 0.15) is 19.3 Å². The highest BCUT2D eigenvalue weighted by Crippen LogP contribution is 2.32. The first-order valence-electron chi connectivity index (χ1n) is 5.31. The van der Waals surface area contributed by atoms with Gasteiger partial charge in [0.2, 0.25) is 0 Å². The first-order chi connectivity index (χ1) is 7.70. The predicted molar refractivity (Wildman–Crippen MR) is 75.5 cm³/mol. The Bertz CT molecular complexity index is 375. The molecule has 2 unspecified atom stereocenters. The van der Waals surface area contributed by atoms with Crippen LogP contribution >= 0.6 is 39.3 Å². The average Bonchev–Trinajstić information content (AvgIpc) is 2.69. The highest BCUT2D eigenvalue weighted by atomic mass is 79.9. The van der Waals surface area contributed by atoms with Gasteiger partial charge >= 0.3 is 0 Å². The Morgan fingerprint density at radius 3 is 3.06 bits per heavy atom. The van der Waals surface area contributed by atoms with Gasteiger partial charge in [-0.15, -0.1) is 0 Å². The first-order valence-corrected chi connectivity index (χ1v) is 7.77. The topological polar surface area (TPSA) is 24.9 Å². The van der Waals surface area contributed by atoms with E-state index in [2.05, 4.69) is 32.5 Å². The quantitative estimate of drug-likeness (QED) is 0.903. The number of hydrogen-bond acceptors (Lipinski definition) is 3. The highest BCUT2D eigenvalue weighted by molar-refractivity contribution is 9.10. The number of anilines is 1. The lowest BCUT2D eigenvalue weighted by atomic mass is 10.2. The standard InChI is InChI=1S/C11H14BrClN2S/c1-16-10-4-2-3-9(10)15-11-8(13)5-7(12)6-14-11/h5-6,9-10H,2-4H2,1H3,(H,14,15). The third-order valence-corrected chi connectivity index (χ3v) is 4.78. The summed E-state index contributed by atoms with van der Waals surface area (Å²) in [4.78, 5) is 4.31. The molecular formula is C11H14BrClN2S. The van der Waals surface area contributed by atoms with Gasteiger partial charge in [-0.1, -0.05) is 18.0 Å². The lowest BCUT2D eigenvalue weighted by Crippen LogP contribution is -2.26. The third-order valence-electron chi connectivity index (χ3n) is 2.89. The zero-order valence-electron chi connectivity index (χ0n) is 9.04. The Morgan fingerprint density at radius 1 is 1.56 bits per heavy atom. The van der Waals surface area contributed by atoms with Crippen molar-refractivity contribution in [1.29, 1.82) is 0 Å². The van der Waals surface area contributed by atoms with Gasteiger partial charge in [0, 0.05) is 22.0 Å². The van der Waals surface area contributed by atoms with E-state index in [0.29, 0.717) is 16.3 Å². The molecule has 1 aliphatic carbocycles. The van der Waals surface area contributed by atoms with Crippen LogP contribution in [0.4, 0.5) is 5.82 Å². The van der Waals surface area contributed by atoms with E-state index < -0.39 is 0 Å². The Hall–Kier alpha value is 0.0700. The Kier molecular flexibility index (Phi) is 4.39. The molecule has 0 spiro atoms. The Morgan fingerprint density at radius 2 is 2.38 bits per heavy atom. The molecule has 1 aromatic rings. The highest BCUT2D eigenvalue weighted by Gasteiger charge is 2.26. The summed E-state index contributed by atoms with van der Waals surface area (Å²) in [5, 5.41) is 4.82. The lowest BCUT2D eigenvalue weighted by molar-refractivity contribution is 0.763. The number of nitrogens with one attached hydrogen (secondary N) is 1. The summed E-state index contributed by atoms with van der Waals surface area (Å²) in [6.07, 6.45) is 7.72. The molecule has 1 heterocycles. The molecule has 2 atom stereocenters. The molecule has 5 heteroatoms. The molecular weight excluding hydrogens is 308 g/mol. The van der Waals surface area contributed by atoms with Gasteiger partial charge < -0.3 is 5.32 Å². The van der Waals surface area contributed by atoms with Crippen LogP contribution in [0.2, 0.25) is 5.02 Å². The van der Waals surface area contributed by atoms with Crippen molar-refractivity contribution in [3.05, 3.63) is 21.8 Å². The molecule has 16 heavy (non-hydrogen) atoms. The van der Waals surface area contributed by atoms with Crippen LogP contribution < -0.4 is 5.32 Å². The van der Waals surface area contributed by atoms with Crippen molar-refractivity contribution in [2.75, 3.05) is 11.6 Å². The fourth-order valence-electron chi connectivity index (χ4n) is 2.07. The van der Waals surface area contributed by atoms with Crippen molar-refractivity contribution < 1.29 is 0 Å². The smallest absolute Gasteiger partial charge is 0.145 e. The summed E-state index contributed by atoms with van der Waals surface area (Å²) < 4.78 is 0.913. The normalized spacial score (nSPS) is 24.7. The van der Waals surface area contributed by atoms with Crippen LogP contribution in [-0.4, -0.2) is 22.5 Å². The van der Waals surface area contributed by atoms with Gasteiger partial charge in [-0.25, -0.2) is 4.98 Å². The van der Waals surface area contributed by atoms with E-state index in [0.717, 1.165) is 10.3 Å². The van der Waals surface area contributed by atoms with Gasteiger partial charge in [0.15, 0.2) is 0 Å². The molecule has 0 aliphatic heterocycles. The number of thioether (sulfide) groups is 1. The van der Waals surface area contributed by atoms with Gasteiger partial charge in [0.1, 0.15) is 5.82 Å². The average molecular weight is 322 g/mol. The van der Waals surface area contributed by atoms with Crippen LogP contribution in [0.5, 0.6) is 0 Å². The van der Waals surface area contributed by atoms with Gasteiger partial charge in [-0.2, -0.15) is 11.8 Å². The van der Waals surface area contributed by atoms with Crippen molar-refractivity contribution >= 4 is 45.1 Å². The van der Waals surface area contributed by atoms with Crippen molar-refractivity contribution in [2.24, 2.45) is 0 Å². The second-order valence-electron chi connectivity index (χ2n) is 3.94. The summed E-state index contributed by atoms with van der Waals surface area (Å²) >= 11 is 11.4. The van der Waals surface area contributed by atoms with E-state index in [1.165, 1.54) is 19.3 Å². The Labute approximate surface area is 114 Å².